The second-order valence-corrected chi connectivity index (χ2v) is 5.84. The molecule has 0 rings (SSSR count). The van der Waals surface area contributed by atoms with Crippen molar-refractivity contribution in [1.82, 2.24) is 0 Å². The van der Waals surface area contributed by atoms with E-state index >= 15 is 0 Å². The molecule has 3 heteroatoms. The van der Waals surface area contributed by atoms with E-state index in [1.54, 1.807) is 0 Å². The molecule has 0 radical (unpaired) electrons. The van der Waals surface area contributed by atoms with Crippen LogP contribution in [0.3, 0.4) is 0 Å². The highest BCUT2D eigenvalue weighted by Crippen LogP contribution is 2.10. The maximum atomic E-state index is 5.68. The summed E-state index contributed by atoms with van der Waals surface area (Å²) in [5.74, 6) is 1.05. The number of nitrogens with zero attached hydrogens (tertiary/aromatic N) is 1. The summed E-state index contributed by atoms with van der Waals surface area (Å²) in [7, 11) is 4.41. The summed E-state index contributed by atoms with van der Waals surface area (Å²) in [6.45, 7) is 1.97. The second kappa shape index (κ2) is 10.4. The van der Waals surface area contributed by atoms with Gasteiger partial charge < -0.3 is 4.48 Å². The van der Waals surface area contributed by atoms with Crippen LogP contribution in [0.4, 0.5) is 0 Å². The molecule has 0 spiro atoms. The Hall–Kier alpha value is 0.270. The summed E-state index contributed by atoms with van der Waals surface area (Å²) >= 11 is 4.22. The minimum absolute atomic E-state index is 0.754. The predicted molar refractivity (Wildman–Crippen MR) is 76.8 cm³/mol. The molecular formula is C13H31N2S+. The molecule has 0 amide bonds. The van der Waals surface area contributed by atoms with Crippen molar-refractivity contribution >= 4 is 12.6 Å². The Balaban J connectivity index is 3.10. The number of nitrogens with two attached hydrogens (primary N) is 1. The molecule has 98 valence electrons. The van der Waals surface area contributed by atoms with Gasteiger partial charge in [0.1, 0.15) is 6.67 Å². The van der Waals surface area contributed by atoms with Gasteiger partial charge >= 0.3 is 0 Å². The van der Waals surface area contributed by atoms with Gasteiger partial charge in [-0.15, -0.1) is 0 Å². The van der Waals surface area contributed by atoms with Gasteiger partial charge in [-0.1, -0.05) is 32.1 Å². The summed E-state index contributed by atoms with van der Waals surface area (Å²) in [6, 6.07) is 0. The van der Waals surface area contributed by atoms with E-state index in [4.69, 9.17) is 5.73 Å². The van der Waals surface area contributed by atoms with Crippen molar-refractivity contribution in [3.05, 3.63) is 0 Å². The topological polar surface area (TPSA) is 26.0 Å². The van der Waals surface area contributed by atoms with Crippen LogP contribution in [0.25, 0.3) is 0 Å². The van der Waals surface area contributed by atoms with E-state index < -0.39 is 0 Å². The molecule has 0 heterocycles. The molecular weight excluding hydrogens is 216 g/mol. The summed E-state index contributed by atoms with van der Waals surface area (Å²) in [6.07, 6.45) is 10.9. The van der Waals surface area contributed by atoms with Crippen LogP contribution >= 0.6 is 12.6 Å². The highest BCUT2D eigenvalue weighted by atomic mass is 32.1. The first kappa shape index (κ1) is 16.3. The number of thiol groups is 1. The zero-order chi connectivity index (χ0) is 12.3. The lowest BCUT2D eigenvalue weighted by atomic mass is 10.1. The lowest BCUT2D eigenvalue weighted by molar-refractivity contribution is -0.890. The average Bonchev–Trinajstić information content (AvgIpc) is 2.27. The van der Waals surface area contributed by atoms with Crippen LogP contribution in [0.15, 0.2) is 0 Å². The van der Waals surface area contributed by atoms with Crippen LogP contribution in [-0.4, -0.2) is 37.5 Å². The first-order chi connectivity index (χ1) is 7.62. The van der Waals surface area contributed by atoms with Crippen LogP contribution < -0.4 is 5.73 Å². The largest absolute Gasteiger partial charge is 0.316 e. The molecule has 0 aromatic rings. The van der Waals surface area contributed by atoms with Crippen molar-refractivity contribution in [3.8, 4) is 0 Å². The van der Waals surface area contributed by atoms with E-state index in [0.717, 1.165) is 16.9 Å². The van der Waals surface area contributed by atoms with Gasteiger partial charge in [-0.2, -0.15) is 12.6 Å². The van der Waals surface area contributed by atoms with Crippen molar-refractivity contribution in [2.24, 2.45) is 5.73 Å². The fourth-order valence-electron chi connectivity index (χ4n) is 1.80. The van der Waals surface area contributed by atoms with Crippen molar-refractivity contribution in [2.45, 2.75) is 51.4 Å². The Morgan fingerprint density at radius 1 is 0.812 bits per heavy atom. The minimum atomic E-state index is 0.754. The molecule has 0 aliphatic heterocycles. The van der Waals surface area contributed by atoms with Gasteiger partial charge in [-0.05, 0) is 25.0 Å². The van der Waals surface area contributed by atoms with Crippen LogP contribution in [0, 0.1) is 0 Å². The van der Waals surface area contributed by atoms with Crippen molar-refractivity contribution in [3.63, 3.8) is 0 Å². The van der Waals surface area contributed by atoms with Crippen LogP contribution in [0.2, 0.25) is 0 Å². The van der Waals surface area contributed by atoms with Crippen molar-refractivity contribution in [2.75, 3.05) is 33.1 Å². The molecule has 2 nitrogen and oxygen atoms in total. The Kier molecular flexibility index (Phi) is 10.6. The molecule has 0 aromatic heterocycles. The molecule has 0 unspecified atom stereocenters. The fourth-order valence-corrected chi connectivity index (χ4v) is 2.03. The first-order valence-corrected chi connectivity index (χ1v) is 7.38. The van der Waals surface area contributed by atoms with Crippen molar-refractivity contribution in [1.29, 1.82) is 0 Å². The third kappa shape index (κ3) is 10.8. The maximum Gasteiger partial charge on any atom is 0.129 e. The summed E-state index contributed by atoms with van der Waals surface area (Å²) in [4.78, 5) is 0. The number of rotatable bonds is 11. The standard InChI is InChI=1S/C13H30N2S/c1-15(2,13-14)11-9-7-5-3-4-6-8-10-12-16/h3-14H2,1-2H3/p+1. The predicted octanol–water partition coefficient (Wildman–Crippen LogP) is 3.03. The second-order valence-electron chi connectivity index (χ2n) is 5.39. The van der Waals surface area contributed by atoms with Gasteiger partial charge in [0.25, 0.3) is 0 Å². The van der Waals surface area contributed by atoms with E-state index in [9.17, 15) is 0 Å². The van der Waals surface area contributed by atoms with E-state index in [-0.39, 0.29) is 0 Å². The number of hydrogen-bond acceptors (Lipinski definition) is 2. The smallest absolute Gasteiger partial charge is 0.129 e. The van der Waals surface area contributed by atoms with E-state index in [1.165, 1.54) is 57.9 Å². The van der Waals surface area contributed by atoms with E-state index in [0.29, 0.717) is 0 Å². The number of hydrogen-bond donors (Lipinski definition) is 2. The minimum Gasteiger partial charge on any atom is -0.316 e. The Bertz CT molecular complexity index is 149. The number of quaternary nitrogens is 1. The molecule has 0 aliphatic carbocycles. The van der Waals surface area contributed by atoms with E-state index in [2.05, 4.69) is 26.7 Å². The summed E-state index contributed by atoms with van der Waals surface area (Å²) < 4.78 is 0.960. The molecule has 0 saturated heterocycles. The quantitative estimate of drug-likeness (QED) is 0.250. The van der Waals surface area contributed by atoms with Gasteiger partial charge in [0.15, 0.2) is 0 Å². The Morgan fingerprint density at radius 2 is 1.25 bits per heavy atom. The highest BCUT2D eigenvalue weighted by molar-refractivity contribution is 7.80. The van der Waals surface area contributed by atoms with Crippen molar-refractivity contribution < 1.29 is 4.48 Å². The normalized spacial score (nSPS) is 12.0. The van der Waals surface area contributed by atoms with Gasteiger partial charge in [0.2, 0.25) is 0 Å². The first-order valence-electron chi connectivity index (χ1n) is 6.75. The zero-order valence-corrected chi connectivity index (χ0v) is 12.1. The lowest BCUT2D eigenvalue weighted by Gasteiger charge is -2.27. The third-order valence-corrected chi connectivity index (χ3v) is 3.48. The van der Waals surface area contributed by atoms with Gasteiger partial charge in [-0.25, -0.2) is 0 Å². The monoisotopic (exact) mass is 247 g/mol. The molecule has 0 bridgehead atoms. The summed E-state index contributed by atoms with van der Waals surface area (Å²) in [5, 5.41) is 0. The van der Waals surface area contributed by atoms with Gasteiger partial charge in [-0.3, -0.25) is 5.73 Å². The molecule has 0 saturated carbocycles. The summed E-state index contributed by atoms with van der Waals surface area (Å²) in [5.41, 5.74) is 5.68. The zero-order valence-electron chi connectivity index (χ0n) is 11.2. The Labute approximate surface area is 108 Å². The molecule has 0 atom stereocenters. The van der Waals surface area contributed by atoms with Gasteiger partial charge in [0.05, 0.1) is 20.6 Å². The van der Waals surface area contributed by atoms with Gasteiger partial charge in [0, 0.05) is 0 Å². The van der Waals surface area contributed by atoms with Crippen LogP contribution in [-0.2, 0) is 0 Å². The molecule has 16 heavy (non-hydrogen) atoms. The van der Waals surface area contributed by atoms with E-state index in [1.807, 2.05) is 0 Å². The molecule has 0 fully saturated rings. The Morgan fingerprint density at radius 3 is 1.69 bits per heavy atom. The van der Waals surface area contributed by atoms with Crippen LogP contribution in [0.5, 0.6) is 0 Å². The SMILES string of the molecule is C[N+](C)(CN)CCCCCCCCCCS. The molecule has 2 N–H and O–H groups in total. The van der Waals surface area contributed by atoms with Crippen LogP contribution in [0.1, 0.15) is 51.4 Å². The fraction of sp³-hybridized carbons (Fsp3) is 1.00. The third-order valence-electron chi connectivity index (χ3n) is 3.17. The number of unbranched alkanes of at least 4 members (excludes halogenated alkanes) is 7. The molecule has 0 aromatic carbocycles. The maximum absolute atomic E-state index is 5.68. The lowest BCUT2D eigenvalue weighted by Crippen LogP contribution is -2.44. The highest BCUT2D eigenvalue weighted by Gasteiger charge is 2.10. The molecule has 0 aliphatic rings. The average molecular weight is 247 g/mol.